The number of hydrogen-bond acceptors (Lipinski definition) is 5. The van der Waals surface area contributed by atoms with Crippen molar-refractivity contribution in [3.63, 3.8) is 0 Å². The van der Waals surface area contributed by atoms with E-state index in [9.17, 15) is 4.79 Å². The highest BCUT2D eigenvalue weighted by Gasteiger charge is 2.47. The van der Waals surface area contributed by atoms with Gasteiger partial charge in [-0.25, -0.2) is 0 Å². The summed E-state index contributed by atoms with van der Waals surface area (Å²) in [5.41, 5.74) is -0.475. The highest BCUT2D eigenvalue weighted by atomic mass is 16.5. The van der Waals surface area contributed by atoms with E-state index in [1.165, 1.54) is 0 Å². The van der Waals surface area contributed by atoms with Crippen LogP contribution in [0.1, 0.15) is 40.0 Å². The Labute approximate surface area is 122 Å². The van der Waals surface area contributed by atoms with Crippen LogP contribution in [0.5, 0.6) is 0 Å². The fraction of sp³-hybridized carbons (Fsp3) is 0.933. The van der Waals surface area contributed by atoms with E-state index in [1.807, 2.05) is 13.8 Å². The Hall–Kier alpha value is -0.650. The average Bonchev–Trinajstić information content (AvgIpc) is 2.85. The molecule has 20 heavy (non-hydrogen) atoms. The molecule has 5 heteroatoms. The molecule has 116 valence electrons. The van der Waals surface area contributed by atoms with Crippen molar-refractivity contribution < 1.29 is 14.3 Å². The average molecular weight is 284 g/mol. The van der Waals surface area contributed by atoms with Crippen molar-refractivity contribution in [1.29, 1.82) is 0 Å². The zero-order chi connectivity index (χ0) is 14.6. The molecular weight excluding hydrogens is 256 g/mol. The van der Waals surface area contributed by atoms with Crippen LogP contribution in [0.15, 0.2) is 0 Å². The zero-order valence-corrected chi connectivity index (χ0v) is 13.0. The second-order valence-corrected chi connectivity index (χ2v) is 5.91. The van der Waals surface area contributed by atoms with Crippen LogP contribution < -0.4 is 5.32 Å². The molecule has 3 atom stereocenters. The lowest BCUT2D eigenvalue weighted by Crippen LogP contribution is -2.53. The van der Waals surface area contributed by atoms with Gasteiger partial charge < -0.3 is 14.8 Å². The van der Waals surface area contributed by atoms with Crippen molar-refractivity contribution in [3.05, 3.63) is 0 Å². The molecule has 1 heterocycles. The Morgan fingerprint density at radius 2 is 2.30 bits per heavy atom. The van der Waals surface area contributed by atoms with Crippen LogP contribution in [0.25, 0.3) is 0 Å². The summed E-state index contributed by atoms with van der Waals surface area (Å²) < 4.78 is 10.9. The van der Waals surface area contributed by atoms with Crippen molar-refractivity contribution in [2.75, 3.05) is 32.8 Å². The van der Waals surface area contributed by atoms with Gasteiger partial charge in [0.2, 0.25) is 0 Å². The van der Waals surface area contributed by atoms with E-state index in [4.69, 9.17) is 9.47 Å². The number of nitrogens with zero attached hydrogens (tertiary/aromatic N) is 1. The standard InChI is InChI=1S/C15H28N2O3/c1-4-16-15(14(18)19-5-2)7-6-13(10-15)17-8-9-20-12(3)11-17/h12-13,16H,4-11H2,1-3H3. The first-order valence-corrected chi connectivity index (χ1v) is 7.89. The number of likely N-dealkylation sites (N-methyl/N-ethyl adjacent to an activating group) is 1. The number of nitrogens with one attached hydrogen (secondary N) is 1. The van der Waals surface area contributed by atoms with Gasteiger partial charge in [-0.1, -0.05) is 6.92 Å². The predicted molar refractivity (Wildman–Crippen MR) is 77.7 cm³/mol. The van der Waals surface area contributed by atoms with Crippen LogP contribution in [-0.4, -0.2) is 61.4 Å². The smallest absolute Gasteiger partial charge is 0.326 e. The number of morpholine rings is 1. The Balaban J connectivity index is 2.01. The molecule has 2 aliphatic rings. The van der Waals surface area contributed by atoms with Gasteiger partial charge in [0.1, 0.15) is 5.54 Å². The van der Waals surface area contributed by atoms with E-state index in [-0.39, 0.29) is 5.97 Å². The van der Waals surface area contributed by atoms with Crippen molar-refractivity contribution in [3.8, 4) is 0 Å². The van der Waals surface area contributed by atoms with Crippen LogP contribution in [0.4, 0.5) is 0 Å². The number of esters is 1. The van der Waals surface area contributed by atoms with Gasteiger partial charge in [-0.3, -0.25) is 9.69 Å². The first-order valence-electron chi connectivity index (χ1n) is 7.89. The molecule has 0 amide bonds. The Kier molecular flexibility index (Phi) is 5.41. The molecule has 0 aromatic carbocycles. The van der Waals surface area contributed by atoms with Gasteiger partial charge >= 0.3 is 5.97 Å². The summed E-state index contributed by atoms with van der Waals surface area (Å²) in [4.78, 5) is 14.8. The third-order valence-corrected chi connectivity index (χ3v) is 4.46. The first kappa shape index (κ1) is 15.7. The molecule has 1 N–H and O–H groups in total. The minimum absolute atomic E-state index is 0.0781. The lowest BCUT2D eigenvalue weighted by atomic mass is 9.97. The van der Waals surface area contributed by atoms with Crippen LogP contribution in [0.3, 0.4) is 0 Å². The van der Waals surface area contributed by atoms with E-state index in [0.29, 0.717) is 18.8 Å². The first-order chi connectivity index (χ1) is 9.61. The molecule has 3 unspecified atom stereocenters. The van der Waals surface area contributed by atoms with E-state index in [2.05, 4.69) is 17.1 Å². The minimum Gasteiger partial charge on any atom is -0.465 e. The topological polar surface area (TPSA) is 50.8 Å². The summed E-state index contributed by atoms with van der Waals surface area (Å²) in [6.45, 7) is 10.0. The van der Waals surface area contributed by atoms with E-state index < -0.39 is 5.54 Å². The molecule has 0 aromatic heterocycles. The molecule has 5 nitrogen and oxygen atoms in total. The zero-order valence-electron chi connectivity index (χ0n) is 13.0. The molecule has 1 aliphatic carbocycles. The van der Waals surface area contributed by atoms with Crippen molar-refractivity contribution >= 4 is 5.97 Å². The lowest BCUT2D eigenvalue weighted by molar-refractivity contribution is -0.151. The molecule has 0 spiro atoms. The van der Waals surface area contributed by atoms with Crippen molar-refractivity contribution in [2.24, 2.45) is 0 Å². The van der Waals surface area contributed by atoms with E-state index in [1.54, 1.807) is 0 Å². The molecule has 0 aromatic rings. The number of rotatable bonds is 5. The second-order valence-electron chi connectivity index (χ2n) is 5.91. The molecular formula is C15H28N2O3. The maximum absolute atomic E-state index is 12.3. The third kappa shape index (κ3) is 3.32. The van der Waals surface area contributed by atoms with Crippen molar-refractivity contribution in [1.82, 2.24) is 10.2 Å². The van der Waals surface area contributed by atoms with Crippen molar-refractivity contribution in [2.45, 2.75) is 57.7 Å². The van der Waals surface area contributed by atoms with Gasteiger partial charge in [0.15, 0.2) is 0 Å². The maximum Gasteiger partial charge on any atom is 0.326 e. The maximum atomic E-state index is 12.3. The summed E-state index contributed by atoms with van der Waals surface area (Å²) in [5, 5.41) is 3.39. The van der Waals surface area contributed by atoms with Gasteiger partial charge in [-0.15, -0.1) is 0 Å². The number of carbonyl (C=O) groups is 1. The van der Waals surface area contributed by atoms with E-state index in [0.717, 1.165) is 45.5 Å². The number of hydrogen-bond donors (Lipinski definition) is 1. The van der Waals surface area contributed by atoms with Gasteiger partial charge in [0, 0.05) is 19.1 Å². The molecule has 0 radical (unpaired) electrons. The number of ether oxygens (including phenoxy) is 2. The minimum atomic E-state index is -0.475. The summed E-state index contributed by atoms with van der Waals surface area (Å²) in [7, 11) is 0. The molecule has 2 rings (SSSR count). The van der Waals surface area contributed by atoms with Gasteiger partial charge in [0.25, 0.3) is 0 Å². The van der Waals surface area contributed by atoms with E-state index >= 15 is 0 Å². The summed E-state index contributed by atoms with van der Waals surface area (Å²) >= 11 is 0. The summed E-state index contributed by atoms with van der Waals surface area (Å²) in [6.07, 6.45) is 3.07. The normalized spacial score (nSPS) is 35.1. The Morgan fingerprint density at radius 1 is 1.50 bits per heavy atom. The van der Waals surface area contributed by atoms with Crippen LogP contribution in [-0.2, 0) is 14.3 Å². The summed E-state index contributed by atoms with van der Waals surface area (Å²) in [5.74, 6) is -0.0781. The van der Waals surface area contributed by atoms with Gasteiger partial charge in [-0.05, 0) is 39.7 Å². The molecule has 0 bridgehead atoms. The van der Waals surface area contributed by atoms with Crippen LogP contribution >= 0.6 is 0 Å². The van der Waals surface area contributed by atoms with Crippen LogP contribution in [0.2, 0.25) is 0 Å². The quantitative estimate of drug-likeness (QED) is 0.768. The fourth-order valence-electron chi connectivity index (χ4n) is 3.53. The SMILES string of the molecule is CCNC1(C(=O)OCC)CCC(N2CCOC(C)C2)C1. The monoisotopic (exact) mass is 284 g/mol. The largest absolute Gasteiger partial charge is 0.465 e. The molecule has 2 fully saturated rings. The second kappa shape index (κ2) is 6.87. The molecule has 1 saturated carbocycles. The summed E-state index contributed by atoms with van der Waals surface area (Å²) in [6, 6.07) is 0.463. The highest BCUT2D eigenvalue weighted by Crippen LogP contribution is 2.35. The molecule has 1 aliphatic heterocycles. The molecule has 1 saturated heterocycles. The fourth-order valence-corrected chi connectivity index (χ4v) is 3.53. The Bertz CT molecular complexity index is 337. The Morgan fingerprint density at radius 3 is 2.95 bits per heavy atom. The van der Waals surface area contributed by atoms with Gasteiger partial charge in [0.05, 0.1) is 19.3 Å². The van der Waals surface area contributed by atoms with Gasteiger partial charge in [-0.2, -0.15) is 0 Å². The number of carbonyl (C=O) groups excluding carboxylic acids is 1. The highest BCUT2D eigenvalue weighted by molar-refractivity contribution is 5.81. The lowest BCUT2D eigenvalue weighted by Gasteiger charge is -2.36. The third-order valence-electron chi connectivity index (χ3n) is 4.46. The predicted octanol–water partition coefficient (Wildman–Crippen LogP) is 1.17. The van der Waals surface area contributed by atoms with Crippen LogP contribution in [0, 0.1) is 0 Å².